The molecule has 10 N–H and O–H groups in total. The summed E-state index contributed by atoms with van der Waals surface area (Å²) in [6.07, 6.45) is -2.44. The number of hydrazine groups is 2. The maximum Gasteiger partial charge on any atom is 0.418 e. The van der Waals surface area contributed by atoms with E-state index in [1.807, 2.05) is 0 Å². The van der Waals surface area contributed by atoms with Crippen molar-refractivity contribution >= 4 is 12.2 Å². The summed E-state index contributed by atoms with van der Waals surface area (Å²) in [5.41, 5.74) is 2.89. The summed E-state index contributed by atoms with van der Waals surface area (Å²) in [7, 11) is 0. The molecule has 10 heteroatoms. The summed E-state index contributed by atoms with van der Waals surface area (Å²) in [5, 5.41) is 15.0. The number of hydrogen-bond acceptors (Lipinski definition) is 4. The van der Waals surface area contributed by atoms with E-state index >= 15 is 0 Å². The fourth-order valence-corrected chi connectivity index (χ4v) is 0. The number of nitrogens with one attached hydrogen (secondary N) is 2. The van der Waals surface area contributed by atoms with Crippen molar-refractivity contribution in [2.75, 3.05) is 0 Å². The molecule has 12 heavy (non-hydrogen) atoms. The summed E-state index contributed by atoms with van der Waals surface area (Å²) in [6, 6.07) is 0. The molecule has 0 aliphatic rings. The van der Waals surface area contributed by atoms with Crippen molar-refractivity contribution in [3.05, 3.63) is 0 Å². The van der Waals surface area contributed by atoms with Crippen LogP contribution in [0.25, 0.3) is 0 Å². The van der Waals surface area contributed by atoms with Crippen molar-refractivity contribution in [2.24, 2.45) is 11.7 Å². The fourth-order valence-electron chi connectivity index (χ4n) is 0. The Morgan fingerprint density at radius 3 is 1.08 bits per heavy atom. The standard InChI is InChI=1S/2CH4N2O2.H2O.Zn/c2*2-3-1(4)5;;/h2*3H,2H2,(H,4,5);1H2;. The quantitative estimate of drug-likeness (QED) is 0.116. The fraction of sp³-hybridized carbons (Fsp3) is 0. The topological polar surface area (TPSA) is 182 Å². The number of hydrogen-bond donors (Lipinski definition) is 6. The normalized spacial score (nSPS) is 5.50. The zero-order valence-electron chi connectivity index (χ0n) is 6.07. The Hall–Kier alpha value is -0.957. The van der Waals surface area contributed by atoms with E-state index < -0.39 is 12.2 Å². The van der Waals surface area contributed by atoms with E-state index in [-0.39, 0.29) is 25.0 Å². The van der Waals surface area contributed by atoms with Crippen molar-refractivity contribution in [1.82, 2.24) is 10.9 Å². The number of nitrogens with two attached hydrogens (primary N) is 2. The van der Waals surface area contributed by atoms with Gasteiger partial charge in [-0.15, -0.1) is 0 Å². The molecule has 70 valence electrons. The average molecular weight is 236 g/mol. The molecule has 0 spiro atoms. The Morgan fingerprint density at radius 2 is 1.08 bits per heavy atom. The van der Waals surface area contributed by atoms with Crippen LogP contribution < -0.4 is 22.5 Å². The third-order valence-electron chi connectivity index (χ3n) is 0.247. The molecule has 0 bridgehead atoms. The predicted molar refractivity (Wildman–Crippen MR) is 34.3 cm³/mol. The van der Waals surface area contributed by atoms with Gasteiger partial charge in [0, 0.05) is 19.5 Å². The van der Waals surface area contributed by atoms with Crippen LogP contribution in [0.1, 0.15) is 0 Å². The van der Waals surface area contributed by atoms with Crippen molar-refractivity contribution in [3.8, 4) is 0 Å². The van der Waals surface area contributed by atoms with Gasteiger partial charge in [0.25, 0.3) is 0 Å². The Bertz CT molecular complexity index is 106. The summed E-state index contributed by atoms with van der Waals surface area (Å²) in [4.78, 5) is 18.3. The van der Waals surface area contributed by atoms with E-state index in [9.17, 15) is 0 Å². The van der Waals surface area contributed by atoms with Gasteiger partial charge in [-0.25, -0.2) is 21.3 Å². The van der Waals surface area contributed by atoms with Crippen LogP contribution >= 0.6 is 0 Å². The SMILES string of the molecule is NNC(=O)O.NNC(=O)O.O.[Zn]. The van der Waals surface area contributed by atoms with Gasteiger partial charge in [-0.2, -0.15) is 0 Å². The molecule has 0 fully saturated rings. The van der Waals surface area contributed by atoms with E-state index in [0.29, 0.717) is 0 Å². The monoisotopic (exact) mass is 234 g/mol. The second kappa shape index (κ2) is 16.6. The van der Waals surface area contributed by atoms with E-state index in [4.69, 9.17) is 19.8 Å². The molecule has 0 aromatic heterocycles. The molecule has 0 rings (SSSR count). The van der Waals surface area contributed by atoms with Crippen LogP contribution in [0.2, 0.25) is 0 Å². The molecule has 2 amide bonds. The Morgan fingerprint density at radius 1 is 1.00 bits per heavy atom. The molecule has 0 saturated heterocycles. The number of carboxylic acid groups (broad SMARTS) is 2. The first-order valence-electron chi connectivity index (χ1n) is 1.93. The summed E-state index contributed by atoms with van der Waals surface area (Å²) >= 11 is 0. The molecular formula is C2H10N4O5Zn. The molecule has 0 radical (unpaired) electrons. The first kappa shape index (κ1) is 22.5. The number of rotatable bonds is 0. The van der Waals surface area contributed by atoms with Gasteiger partial charge in [0.15, 0.2) is 0 Å². The third-order valence-corrected chi connectivity index (χ3v) is 0.247. The van der Waals surface area contributed by atoms with Gasteiger partial charge < -0.3 is 15.7 Å². The van der Waals surface area contributed by atoms with E-state index in [0.717, 1.165) is 0 Å². The van der Waals surface area contributed by atoms with Crippen LogP contribution in [0.3, 0.4) is 0 Å². The first-order chi connectivity index (χ1) is 4.54. The Labute approximate surface area is 80.1 Å². The Balaban J connectivity index is -0.0000000457. The molecule has 0 saturated carbocycles. The molecule has 0 aromatic rings. The summed E-state index contributed by atoms with van der Waals surface area (Å²) in [6.45, 7) is 0. The van der Waals surface area contributed by atoms with Crippen molar-refractivity contribution in [2.45, 2.75) is 0 Å². The van der Waals surface area contributed by atoms with Crippen LogP contribution in [0, 0.1) is 0 Å². The van der Waals surface area contributed by atoms with Gasteiger partial charge in [0.1, 0.15) is 0 Å². The van der Waals surface area contributed by atoms with Gasteiger partial charge in [-0.3, -0.25) is 10.9 Å². The summed E-state index contributed by atoms with van der Waals surface area (Å²) in [5.74, 6) is 8.64. The number of carbonyl (C=O) groups is 2. The maximum atomic E-state index is 9.13. The third kappa shape index (κ3) is 63.2. The maximum absolute atomic E-state index is 9.13. The van der Waals surface area contributed by atoms with Gasteiger partial charge in [0.2, 0.25) is 0 Å². The molecule has 0 atom stereocenters. The molecule has 0 unspecified atom stereocenters. The van der Waals surface area contributed by atoms with E-state index in [1.165, 1.54) is 10.9 Å². The average Bonchev–Trinajstić information content (AvgIpc) is 1.89. The minimum Gasteiger partial charge on any atom is -0.464 e. The largest absolute Gasteiger partial charge is 0.464 e. The van der Waals surface area contributed by atoms with Crippen LogP contribution in [0.5, 0.6) is 0 Å². The van der Waals surface area contributed by atoms with Crippen molar-refractivity contribution in [1.29, 1.82) is 0 Å². The Kier molecular flexibility index (Phi) is 31.0. The van der Waals surface area contributed by atoms with E-state index in [2.05, 4.69) is 11.7 Å². The summed E-state index contributed by atoms with van der Waals surface area (Å²) < 4.78 is 0. The van der Waals surface area contributed by atoms with Crippen LogP contribution in [-0.4, -0.2) is 27.9 Å². The minimum absolute atomic E-state index is 0. The van der Waals surface area contributed by atoms with Gasteiger partial charge in [0.05, 0.1) is 0 Å². The minimum atomic E-state index is -1.22. The van der Waals surface area contributed by atoms with Crippen LogP contribution in [0.4, 0.5) is 9.59 Å². The molecular weight excluding hydrogens is 225 g/mol. The number of amides is 2. The molecule has 9 nitrogen and oxygen atoms in total. The van der Waals surface area contributed by atoms with Crippen molar-refractivity contribution < 1.29 is 44.8 Å². The zero-order chi connectivity index (χ0) is 8.57. The second-order valence-corrected chi connectivity index (χ2v) is 0.899. The first-order valence-corrected chi connectivity index (χ1v) is 1.93. The van der Waals surface area contributed by atoms with Crippen LogP contribution in [0.15, 0.2) is 0 Å². The molecule has 0 aliphatic heterocycles. The van der Waals surface area contributed by atoms with E-state index in [1.54, 1.807) is 0 Å². The second-order valence-electron chi connectivity index (χ2n) is 0.899. The molecule has 0 heterocycles. The van der Waals surface area contributed by atoms with Gasteiger partial charge in [-0.1, -0.05) is 0 Å². The molecule has 0 aromatic carbocycles. The van der Waals surface area contributed by atoms with Crippen molar-refractivity contribution in [3.63, 3.8) is 0 Å². The van der Waals surface area contributed by atoms with Crippen LogP contribution in [-0.2, 0) is 19.5 Å². The van der Waals surface area contributed by atoms with Gasteiger partial charge in [-0.05, 0) is 0 Å². The predicted octanol–water partition coefficient (Wildman–Crippen LogP) is -2.57. The molecule has 0 aliphatic carbocycles. The van der Waals surface area contributed by atoms with Gasteiger partial charge >= 0.3 is 12.2 Å². The zero-order valence-corrected chi connectivity index (χ0v) is 9.04. The smallest absolute Gasteiger partial charge is 0.418 e.